The maximum Gasteiger partial charge on any atom is 0.335 e. The second-order valence-corrected chi connectivity index (χ2v) is 5.19. The van der Waals surface area contributed by atoms with Gasteiger partial charge in [-0.1, -0.05) is 11.6 Å². The molecule has 0 heterocycles. The van der Waals surface area contributed by atoms with Gasteiger partial charge in [-0.05, 0) is 60.5 Å². The molecule has 2 aromatic carbocycles. The van der Waals surface area contributed by atoms with Gasteiger partial charge in [0.1, 0.15) is 0 Å². The molecule has 0 fully saturated rings. The fourth-order valence-corrected chi connectivity index (χ4v) is 2.16. The molecule has 0 bridgehead atoms. The number of hydrogen-bond acceptors (Lipinski definition) is 3. The van der Waals surface area contributed by atoms with Crippen LogP contribution in [0, 0.1) is 0 Å². The molecule has 2 rings (SSSR count). The minimum Gasteiger partial charge on any atom is -0.478 e. The summed E-state index contributed by atoms with van der Waals surface area (Å²) in [5.41, 5.74) is 0.545. The Labute approximate surface area is 124 Å². The average molecular weight is 308 g/mol. The molecule has 0 atom stereocenters. The normalized spacial score (nSPS) is 10.1. The van der Waals surface area contributed by atoms with Crippen LogP contribution in [0.3, 0.4) is 0 Å². The molecule has 0 saturated heterocycles. The molecule has 0 aliphatic heterocycles. The molecule has 102 valence electrons. The van der Waals surface area contributed by atoms with E-state index in [0.29, 0.717) is 10.6 Å². The van der Waals surface area contributed by atoms with Crippen LogP contribution in [0.25, 0.3) is 0 Å². The van der Waals surface area contributed by atoms with Gasteiger partial charge in [-0.2, -0.15) is 0 Å². The van der Waals surface area contributed by atoms with Gasteiger partial charge in [-0.15, -0.1) is 0 Å². The number of hydrogen-bond donors (Lipinski definition) is 2. The summed E-state index contributed by atoms with van der Waals surface area (Å²) < 4.78 is 2.67. The smallest absolute Gasteiger partial charge is 0.335 e. The SMILES string of the molecule is O=C(O)c1ccc(C(=O)NSc2ccc(Cl)cc2)cc1. The Morgan fingerprint density at radius 2 is 1.50 bits per heavy atom. The first-order valence-electron chi connectivity index (χ1n) is 5.62. The van der Waals surface area contributed by atoms with Gasteiger partial charge in [-0.3, -0.25) is 9.52 Å². The van der Waals surface area contributed by atoms with Crippen LogP contribution in [0.2, 0.25) is 5.02 Å². The number of carboxylic acid groups (broad SMARTS) is 1. The Hall–Kier alpha value is -1.98. The zero-order valence-corrected chi connectivity index (χ0v) is 11.7. The van der Waals surface area contributed by atoms with Crippen molar-refractivity contribution in [2.75, 3.05) is 0 Å². The van der Waals surface area contributed by atoms with E-state index in [1.165, 1.54) is 36.2 Å². The van der Waals surface area contributed by atoms with Crippen LogP contribution in [0.4, 0.5) is 0 Å². The van der Waals surface area contributed by atoms with E-state index in [1.807, 2.05) is 0 Å². The van der Waals surface area contributed by atoms with Crippen molar-refractivity contribution in [2.45, 2.75) is 4.90 Å². The number of rotatable bonds is 4. The third-order valence-corrected chi connectivity index (χ3v) is 3.52. The van der Waals surface area contributed by atoms with Crippen LogP contribution in [-0.4, -0.2) is 17.0 Å². The van der Waals surface area contributed by atoms with Crippen molar-refractivity contribution in [1.29, 1.82) is 0 Å². The summed E-state index contributed by atoms with van der Waals surface area (Å²) in [6.45, 7) is 0. The number of benzene rings is 2. The number of aromatic carboxylic acids is 1. The van der Waals surface area contributed by atoms with E-state index in [0.717, 1.165) is 4.90 Å². The summed E-state index contributed by atoms with van der Waals surface area (Å²) in [4.78, 5) is 23.4. The van der Waals surface area contributed by atoms with Gasteiger partial charge in [0.2, 0.25) is 0 Å². The molecule has 0 unspecified atom stereocenters. The number of nitrogens with one attached hydrogen (secondary N) is 1. The molecule has 0 aromatic heterocycles. The highest BCUT2D eigenvalue weighted by Gasteiger charge is 2.08. The average Bonchev–Trinajstić information content (AvgIpc) is 2.46. The Balaban J connectivity index is 1.97. The van der Waals surface area contributed by atoms with Crippen molar-refractivity contribution in [1.82, 2.24) is 4.72 Å². The van der Waals surface area contributed by atoms with Gasteiger partial charge in [0.25, 0.3) is 5.91 Å². The lowest BCUT2D eigenvalue weighted by Crippen LogP contribution is -2.15. The van der Waals surface area contributed by atoms with E-state index >= 15 is 0 Å². The van der Waals surface area contributed by atoms with E-state index in [1.54, 1.807) is 24.3 Å². The molecule has 0 aliphatic carbocycles. The van der Waals surface area contributed by atoms with E-state index < -0.39 is 5.97 Å². The second kappa shape index (κ2) is 6.45. The van der Waals surface area contributed by atoms with Crippen molar-refractivity contribution in [3.8, 4) is 0 Å². The fourth-order valence-electron chi connectivity index (χ4n) is 1.43. The Morgan fingerprint density at radius 1 is 0.950 bits per heavy atom. The van der Waals surface area contributed by atoms with E-state index in [4.69, 9.17) is 16.7 Å². The third-order valence-electron chi connectivity index (χ3n) is 2.47. The quantitative estimate of drug-likeness (QED) is 0.849. The number of halogens is 1. The lowest BCUT2D eigenvalue weighted by atomic mass is 10.1. The van der Waals surface area contributed by atoms with E-state index in [2.05, 4.69) is 4.72 Å². The van der Waals surface area contributed by atoms with E-state index in [-0.39, 0.29) is 11.5 Å². The molecular formula is C14H10ClNO3S. The molecule has 4 nitrogen and oxygen atoms in total. The molecule has 0 radical (unpaired) electrons. The summed E-state index contributed by atoms with van der Waals surface area (Å²) >= 11 is 6.93. The van der Waals surface area contributed by atoms with Crippen LogP contribution < -0.4 is 4.72 Å². The first-order valence-corrected chi connectivity index (χ1v) is 6.82. The van der Waals surface area contributed by atoms with Crippen molar-refractivity contribution in [3.63, 3.8) is 0 Å². The summed E-state index contributed by atoms with van der Waals surface area (Å²) in [5.74, 6) is -1.31. The standard InChI is InChI=1S/C14H10ClNO3S/c15-11-5-7-12(8-6-11)20-16-13(17)9-1-3-10(4-2-9)14(18)19/h1-8H,(H,16,17)(H,18,19). The maximum absolute atomic E-state index is 11.9. The number of carbonyl (C=O) groups is 2. The van der Waals surface area contributed by atoms with Crippen molar-refractivity contribution >= 4 is 35.4 Å². The highest BCUT2D eigenvalue weighted by Crippen LogP contribution is 2.18. The van der Waals surface area contributed by atoms with Gasteiger partial charge in [0, 0.05) is 15.5 Å². The van der Waals surface area contributed by atoms with Gasteiger partial charge in [0.05, 0.1) is 5.56 Å². The summed E-state index contributed by atoms with van der Waals surface area (Å²) in [5, 5.41) is 9.40. The summed E-state index contributed by atoms with van der Waals surface area (Å²) in [7, 11) is 0. The van der Waals surface area contributed by atoms with Crippen LogP contribution in [0.1, 0.15) is 20.7 Å². The summed E-state index contributed by atoms with van der Waals surface area (Å²) in [6.07, 6.45) is 0. The third kappa shape index (κ3) is 3.76. The first-order chi connectivity index (χ1) is 9.56. The molecule has 2 aromatic rings. The predicted octanol–water partition coefficient (Wildman–Crippen LogP) is 3.48. The largest absolute Gasteiger partial charge is 0.478 e. The Morgan fingerprint density at radius 3 is 2.05 bits per heavy atom. The Bertz CT molecular complexity index is 626. The fraction of sp³-hybridized carbons (Fsp3) is 0. The van der Waals surface area contributed by atoms with Crippen LogP contribution in [-0.2, 0) is 0 Å². The number of amides is 1. The van der Waals surface area contributed by atoms with Gasteiger partial charge in [-0.25, -0.2) is 4.79 Å². The number of carbonyl (C=O) groups excluding carboxylic acids is 1. The molecule has 6 heteroatoms. The monoisotopic (exact) mass is 307 g/mol. The second-order valence-electron chi connectivity index (χ2n) is 3.87. The topological polar surface area (TPSA) is 66.4 Å². The predicted molar refractivity (Wildman–Crippen MR) is 78.2 cm³/mol. The molecular weight excluding hydrogens is 298 g/mol. The maximum atomic E-state index is 11.9. The first kappa shape index (κ1) is 14.4. The van der Waals surface area contributed by atoms with Crippen molar-refractivity contribution in [2.24, 2.45) is 0 Å². The van der Waals surface area contributed by atoms with Crippen LogP contribution in [0.15, 0.2) is 53.4 Å². The minimum atomic E-state index is -1.02. The molecule has 0 aliphatic rings. The number of carboxylic acids is 1. The van der Waals surface area contributed by atoms with Crippen molar-refractivity contribution < 1.29 is 14.7 Å². The lowest BCUT2D eigenvalue weighted by molar-refractivity contribution is 0.0696. The van der Waals surface area contributed by atoms with Crippen LogP contribution >= 0.6 is 23.5 Å². The van der Waals surface area contributed by atoms with Gasteiger partial charge >= 0.3 is 5.97 Å². The van der Waals surface area contributed by atoms with Gasteiger partial charge in [0.15, 0.2) is 0 Å². The molecule has 20 heavy (non-hydrogen) atoms. The zero-order chi connectivity index (χ0) is 14.5. The minimum absolute atomic E-state index is 0.145. The zero-order valence-electron chi connectivity index (χ0n) is 10.2. The van der Waals surface area contributed by atoms with Crippen LogP contribution in [0.5, 0.6) is 0 Å². The molecule has 0 saturated carbocycles. The lowest BCUT2D eigenvalue weighted by Gasteiger charge is -2.04. The van der Waals surface area contributed by atoms with Gasteiger partial charge < -0.3 is 5.11 Å². The van der Waals surface area contributed by atoms with E-state index in [9.17, 15) is 9.59 Å². The highest BCUT2D eigenvalue weighted by atomic mass is 35.5. The van der Waals surface area contributed by atoms with Crippen molar-refractivity contribution in [3.05, 3.63) is 64.7 Å². The molecule has 1 amide bonds. The highest BCUT2D eigenvalue weighted by molar-refractivity contribution is 7.98. The molecule has 2 N–H and O–H groups in total. The summed E-state index contributed by atoms with van der Waals surface area (Å²) in [6, 6.07) is 12.8. The molecule has 0 spiro atoms. The Kier molecular flexibility index (Phi) is 4.65.